The van der Waals surface area contributed by atoms with Gasteiger partial charge in [-0.25, -0.2) is 0 Å². The van der Waals surface area contributed by atoms with Crippen molar-refractivity contribution in [3.63, 3.8) is 0 Å². The van der Waals surface area contributed by atoms with Crippen LogP contribution >= 0.6 is 0 Å². The molecular weight excluding hydrogens is 260 g/mol. The minimum atomic E-state index is 0.896. The first-order valence-electron chi connectivity index (χ1n) is 8.22. The number of hydrogen-bond acceptors (Lipinski definition) is 2. The monoisotopic (exact) mass is 286 g/mol. The summed E-state index contributed by atoms with van der Waals surface area (Å²) in [6.07, 6.45) is 8.45. The van der Waals surface area contributed by atoms with Crippen LogP contribution in [-0.2, 0) is 6.42 Å². The third kappa shape index (κ3) is 3.55. The lowest BCUT2D eigenvalue weighted by atomic mass is 9.82. The maximum atomic E-state index is 4.47. The van der Waals surface area contributed by atoms with Gasteiger partial charge in [0.05, 0.1) is 0 Å². The van der Waals surface area contributed by atoms with Gasteiger partial charge in [-0.3, -0.25) is 9.98 Å². The highest BCUT2D eigenvalue weighted by Gasteiger charge is 2.35. The van der Waals surface area contributed by atoms with E-state index in [1.54, 1.807) is 0 Å². The molecule has 1 aliphatic heterocycles. The molecule has 2 heterocycles. The van der Waals surface area contributed by atoms with Crippen molar-refractivity contribution >= 4 is 5.96 Å². The van der Waals surface area contributed by atoms with E-state index in [4.69, 9.17) is 0 Å². The van der Waals surface area contributed by atoms with Crippen LogP contribution in [-0.4, -0.2) is 42.5 Å². The van der Waals surface area contributed by atoms with E-state index in [0.717, 1.165) is 36.5 Å². The van der Waals surface area contributed by atoms with Crippen molar-refractivity contribution in [2.24, 2.45) is 16.8 Å². The Bertz CT molecular complexity index is 457. The van der Waals surface area contributed by atoms with Crippen molar-refractivity contribution in [3.8, 4) is 0 Å². The molecule has 0 bridgehead atoms. The summed E-state index contributed by atoms with van der Waals surface area (Å²) in [5.74, 6) is 2.86. The number of fused-ring (bicyclic) bond motifs is 1. The van der Waals surface area contributed by atoms with Crippen molar-refractivity contribution in [1.82, 2.24) is 15.2 Å². The first-order valence-corrected chi connectivity index (χ1v) is 8.22. The minimum absolute atomic E-state index is 0.896. The molecule has 0 amide bonds. The van der Waals surface area contributed by atoms with Gasteiger partial charge in [-0.05, 0) is 36.8 Å². The highest BCUT2D eigenvalue weighted by Crippen LogP contribution is 2.35. The second kappa shape index (κ2) is 6.92. The van der Waals surface area contributed by atoms with E-state index < -0.39 is 0 Å². The van der Waals surface area contributed by atoms with E-state index in [-0.39, 0.29) is 0 Å². The lowest BCUT2D eigenvalue weighted by molar-refractivity contribution is 0.299. The zero-order valence-electron chi connectivity index (χ0n) is 13.0. The molecule has 3 rings (SSSR count). The number of pyridine rings is 1. The van der Waals surface area contributed by atoms with Crippen LogP contribution in [0.2, 0.25) is 0 Å². The summed E-state index contributed by atoms with van der Waals surface area (Å²) < 4.78 is 0. The molecule has 4 nitrogen and oxygen atoms in total. The molecule has 1 aromatic rings. The van der Waals surface area contributed by atoms with Gasteiger partial charge in [0.25, 0.3) is 0 Å². The van der Waals surface area contributed by atoms with Gasteiger partial charge >= 0.3 is 0 Å². The van der Waals surface area contributed by atoms with Crippen molar-refractivity contribution < 1.29 is 0 Å². The van der Waals surface area contributed by atoms with Gasteiger partial charge in [0.15, 0.2) is 5.96 Å². The predicted octanol–water partition coefficient (Wildman–Crippen LogP) is 2.32. The topological polar surface area (TPSA) is 40.5 Å². The Morgan fingerprint density at radius 1 is 1.29 bits per heavy atom. The molecule has 1 aliphatic carbocycles. The summed E-state index contributed by atoms with van der Waals surface area (Å²) in [5.41, 5.74) is 1.13. The number of likely N-dealkylation sites (tertiary alicyclic amines) is 1. The molecule has 1 N–H and O–H groups in total. The van der Waals surface area contributed by atoms with Gasteiger partial charge in [0, 0.05) is 45.0 Å². The number of nitrogens with one attached hydrogen (secondary N) is 1. The fraction of sp³-hybridized carbons (Fsp3) is 0.647. The third-order valence-corrected chi connectivity index (χ3v) is 4.88. The molecule has 2 aliphatic rings. The summed E-state index contributed by atoms with van der Waals surface area (Å²) >= 11 is 0. The average molecular weight is 286 g/mol. The molecule has 4 heteroatoms. The fourth-order valence-corrected chi connectivity index (χ4v) is 3.76. The molecule has 0 radical (unpaired) electrons. The van der Waals surface area contributed by atoms with E-state index in [1.807, 2.05) is 25.4 Å². The molecule has 1 saturated heterocycles. The smallest absolute Gasteiger partial charge is 0.193 e. The number of aliphatic imine (C=N–C) groups is 1. The molecule has 0 spiro atoms. The zero-order valence-corrected chi connectivity index (χ0v) is 13.0. The minimum Gasteiger partial charge on any atom is -0.356 e. The molecule has 21 heavy (non-hydrogen) atoms. The van der Waals surface area contributed by atoms with Crippen LogP contribution in [0.1, 0.15) is 31.4 Å². The van der Waals surface area contributed by atoms with Crippen LogP contribution in [0.4, 0.5) is 0 Å². The molecular formula is C17H26N4. The van der Waals surface area contributed by atoms with Gasteiger partial charge in [0.1, 0.15) is 0 Å². The fourth-order valence-electron chi connectivity index (χ4n) is 3.76. The van der Waals surface area contributed by atoms with Crippen molar-refractivity contribution in [2.45, 2.75) is 32.1 Å². The Morgan fingerprint density at radius 3 is 2.67 bits per heavy atom. The molecule has 114 valence electrons. The maximum Gasteiger partial charge on any atom is 0.193 e. The van der Waals surface area contributed by atoms with E-state index in [0.29, 0.717) is 0 Å². The molecule has 2 fully saturated rings. The van der Waals surface area contributed by atoms with Crippen LogP contribution in [0, 0.1) is 11.8 Å². The highest BCUT2D eigenvalue weighted by molar-refractivity contribution is 5.80. The van der Waals surface area contributed by atoms with Gasteiger partial charge in [-0.1, -0.05) is 18.9 Å². The second-order valence-corrected chi connectivity index (χ2v) is 6.25. The number of aromatic nitrogens is 1. The van der Waals surface area contributed by atoms with E-state index in [9.17, 15) is 0 Å². The standard InChI is InChI=1S/C17H26N4/c1-18-17(20-11-9-16-8-4-5-10-19-16)21-12-14-6-2-3-7-15(14)13-21/h4-5,8,10,14-15H,2-3,6-7,9,11-13H2,1H3,(H,18,20). The molecule has 0 aromatic carbocycles. The van der Waals surface area contributed by atoms with E-state index in [2.05, 4.69) is 26.3 Å². The Labute approximate surface area is 127 Å². The van der Waals surface area contributed by atoms with E-state index >= 15 is 0 Å². The number of rotatable bonds is 3. The van der Waals surface area contributed by atoms with Crippen LogP contribution in [0.3, 0.4) is 0 Å². The zero-order chi connectivity index (χ0) is 14.5. The van der Waals surface area contributed by atoms with Gasteiger partial charge in [0.2, 0.25) is 0 Å². The highest BCUT2D eigenvalue weighted by atomic mass is 15.3. The quantitative estimate of drug-likeness (QED) is 0.685. The molecule has 2 unspecified atom stereocenters. The van der Waals surface area contributed by atoms with Crippen LogP contribution in [0.25, 0.3) is 0 Å². The summed E-state index contributed by atoms with van der Waals surface area (Å²) in [7, 11) is 1.89. The Morgan fingerprint density at radius 2 is 2.05 bits per heavy atom. The average Bonchev–Trinajstić information content (AvgIpc) is 2.96. The van der Waals surface area contributed by atoms with Crippen molar-refractivity contribution in [3.05, 3.63) is 30.1 Å². The first-order chi connectivity index (χ1) is 10.4. The van der Waals surface area contributed by atoms with Crippen molar-refractivity contribution in [1.29, 1.82) is 0 Å². The Hall–Kier alpha value is -1.58. The Balaban J connectivity index is 1.49. The van der Waals surface area contributed by atoms with Gasteiger partial charge < -0.3 is 10.2 Å². The largest absolute Gasteiger partial charge is 0.356 e. The summed E-state index contributed by atoms with van der Waals surface area (Å²) in [4.78, 5) is 11.3. The first kappa shape index (κ1) is 14.4. The van der Waals surface area contributed by atoms with Crippen LogP contribution in [0.15, 0.2) is 29.4 Å². The number of guanidine groups is 1. The van der Waals surface area contributed by atoms with Gasteiger partial charge in [-0.2, -0.15) is 0 Å². The van der Waals surface area contributed by atoms with Crippen molar-refractivity contribution in [2.75, 3.05) is 26.7 Å². The number of hydrogen-bond donors (Lipinski definition) is 1. The summed E-state index contributed by atoms with van der Waals surface area (Å²) in [5, 5.41) is 3.51. The summed E-state index contributed by atoms with van der Waals surface area (Å²) in [6, 6.07) is 6.08. The third-order valence-electron chi connectivity index (χ3n) is 4.88. The van der Waals surface area contributed by atoms with Gasteiger partial charge in [-0.15, -0.1) is 0 Å². The maximum absolute atomic E-state index is 4.47. The number of nitrogens with zero attached hydrogens (tertiary/aromatic N) is 3. The van der Waals surface area contributed by atoms with Crippen LogP contribution in [0.5, 0.6) is 0 Å². The summed E-state index contributed by atoms with van der Waals surface area (Å²) in [6.45, 7) is 3.28. The Kier molecular flexibility index (Phi) is 4.73. The predicted molar refractivity (Wildman–Crippen MR) is 86.3 cm³/mol. The normalized spacial score (nSPS) is 25.8. The molecule has 2 atom stereocenters. The molecule has 1 saturated carbocycles. The lowest BCUT2D eigenvalue weighted by Crippen LogP contribution is -2.41. The van der Waals surface area contributed by atoms with E-state index in [1.165, 1.54) is 38.8 Å². The molecule has 1 aromatic heterocycles. The second-order valence-electron chi connectivity index (χ2n) is 6.25. The van der Waals surface area contributed by atoms with Crippen LogP contribution < -0.4 is 5.32 Å². The lowest BCUT2D eigenvalue weighted by Gasteiger charge is -2.22. The SMILES string of the molecule is CN=C(NCCc1ccccn1)N1CC2CCCCC2C1.